The van der Waals surface area contributed by atoms with Crippen LogP contribution >= 0.6 is 0 Å². The first-order valence-electron chi connectivity index (χ1n) is 10.3. The van der Waals surface area contributed by atoms with Crippen LogP contribution in [0.1, 0.15) is 52.5 Å². The molecule has 0 aliphatic rings. The number of methoxy groups -OCH3 is 1. The molecule has 0 radical (unpaired) electrons. The average molecular weight is 439 g/mol. The van der Waals surface area contributed by atoms with Gasteiger partial charge < -0.3 is 9.16 Å². The van der Waals surface area contributed by atoms with Gasteiger partial charge in [-0.3, -0.25) is 9.00 Å². The minimum atomic E-state index is -1.83. The van der Waals surface area contributed by atoms with Crippen LogP contribution in [0.2, 0.25) is 18.1 Å². The van der Waals surface area contributed by atoms with E-state index in [-0.39, 0.29) is 22.7 Å². The second kappa shape index (κ2) is 11.2. The Kier molecular flexibility index (Phi) is 9.99. The zero-order valence-corrected chi connectivity index (χ0v) is 21.2. The van der Waals surface area contributed by atoms with Crippen molar-refractivity contribution in [2.24, 2.45) is 0 Å². The molecule has 6 heteroatoms. The summed E-state index contributed by atoms with van der Waals surface area (Å²) in [7, 11) is -1.61. The quantitative estimate of drug-likeness (QED) is 0.249. The maximum Gasteiger partial charge on any atom is 0.192 e. The van der Waals surface area contributed by atoms with Gasteiger partial charge in [-0.2, -0.15) is 0 Å². The number of allylic oxidation sites excluding steroid dienone is 2. The third-order valence-corrected chi connectivity index (χ3v) is 11.5. The highest BCUT2D eigenvalue weighted by atomic mass is 32.2. The van der Waals surface area contributed by atoms with Gasteiger partial charge in [0.25, 0.3) is 0 Å². The second-order valence-electron chi connectivity index (χ2n) is 9.03. The first-order chi connectivity index (χ1) is 13.4. The van der Waals surface area contributed by atoms with Crippen molar-refractivity contribution in [3.63, 3.8) is 0 Å². The molecule has 1 aromatic rings. The van der Waals surface area contributed by atoms with Crippen LogP contribution in [0.4, 0.5) is 0 Å². The van der Waals surface area contributed by atoms with Crippen molar-refractivity contribution >= 4 is 24.9 Å². The van der Waals surface area contributed by atoms with Gasteiger partial charge in [0.1, 0.15) is 0 Å². The van der Waals surface area contributed by atoms with Crippen molar-refractivity contribution in [2.45, 2.75) is 83.0 Å². The van der Waals surface area contributed by atoms with Crippen LogP contribution in [-0.2, 0) is 24.8 Å². The molecule has 0 heterocycles. The van der Waals surface area contributed by atoms with E-state index < -0.39 is 19.1 Å². The Morgan fingerprint density at radius 1 is 1.21 bits per heavy atom. The molecule has 0 N–H and O–H groups in total. The number of ketones is 1. The van der Waals surface area contributed by atoms with Crippen molar-refractivity contribution in [1.29, 1.82) is 0 Å². The largest absolute Gasteiger partial charge is 0.501 e. The summed E-state index contributed by atoms with van der Waals surface area (Å²) >= 11 is 0. The lowest BCUT2D eigenvalue weighted by Crippen LogP contribution is -2.43. The van der Waals surface area contributed by atoms with Gasteiger partial charge in [-0.15, -0.1) is 0 Å². The molecule has 0 amide bonds. The molecule has 4 nitrogen and oxygen atoms in total. The molecular formula is C23H38O4SSi. The zero-order valence-electron chi connectivity index (χ0n) is 19.3. The highest BCUT2D eigenvalue weighted by Crippen LogP contribution is 2.38. The Labute approximate surface area is 180 Å². The molecular weight excluding hydrogens is 400 g/mol. The molecule has 1 rings (SSSR count). The van der Waals surface area contributed by atoms with E-state index in [9.17, 15) is 9.00 Å². The summed E-state index contributed by atoms with van der Waals surface area (Å²) in [5.74, 6) is 0.403. The Bertz CT molecular complexity index is 717. The van der Waals surface area contributed by atoms with Gasteiger partial charge in [0, 0.05) is 23.5 Å². The Balaban J connectivity index is 2.68. The lowest BCUT2D eigenvalue weighted by molar-refractivity contribution is -0.112. The molecule has 1 aromatic carbocycles. The number of benzene rings is 1. The van der Waals surface area contributed by atoms with Crippen LogP contribution < -0.4 is 0 Å². The van der Waals surface area contributed by atoms with Gasteiger partial charge >= 0.3 is 0 Å². The van der Waals surface area contributed by atoms with E-state index in [0.717, 1.165) is 18.4 Å². The number of carbonyl (C=O) groups excluding carboxylic acids is 1. The second-order valence-corrected chi connectivity index (χ2v) is 15.2. The molecule has 0 aromatic heterocycles. The van der Waals surface area contributed by atoms with E-state index in [4.69, 9.17) is 9.16 Å². The minimum Gasteiger partial charge on any atom is -0.501 e. The summed E-state index contributed by atoms with van der Waals surface area (Å²) in [6, 6.07) is 7.43. The summed E-state index contributed by atoms with van der Waals surface area (Å²) in [6.07, 6.45) is 4.00. The fraction of sp³-hybridized carbons (Fsp3) is 0.609. The van der Waals surface area contributed by atoms with E-state index in [1.165, 1.54) is 6.08 Å². The molecule has 0 spiro atoms. The van der Waals surface area contributed by atoms with Gasteiger partial charge in [0.05, 0.1) is 29.4 Å². The molecule has 29 heavy (non-hydrogen) atoms. The summed E-state index contributed by atoms with van der Waals surface area (Å²) in [5, 5.41) is 0.163. The molecule has 0 saturated heterocycles. The van der Waals surface area contributed by atoms with Gasteiger partial charge in [-0.05, 0) is 50.0 Å². The highest BCUT2D eigenvalue weighted by molar-refractivity contribution is 7.85. The highest BCUT2D eigenvalue weighted by Gasteiger charge is 2.38. The summed E-state index contributed by atoms with van der Waals surface area (Å²) in [4.78, 5) is 13.0. The van der Waals surface area contributed by atoms with Crippen LogP contribution in [0.3, 0.4) is 0 Å². The van der Waals surface area contributed by atoms with Gasteiger partial charge in [0.15, 0.2) is 14.1 Å². The normalized spacial score (nSPS) is 15.1. The number of rotatable bonds is 11. The van der Waals surface area contributed by atoms with Crippen molar-refractivity contribution in [2.75, 3.05) is 12.9 Å². The maximum absolute atomic E-state index is 12.4. The molecule has 0 fully saturated rings. The topological polar surface area (TPSA) is 52.6 Å². The predicted octanol–water partition coefficient (Wildman–Crippen LogP) is 5.78. The third-order valence-electron chi connectivity index (χ3n) is 5.58. The Morgan fingerprint density at radius 2 is 1.79 bits per heavy atom. The van der Waals surface area contributed by atoms with E-state index in [2.05, 4.69) is 40.8 Å². The lowest BCUT2D eigenvalue weighted by Gasteiger charge is -2.39. The van der Waals surface area contributed by atoms with Crippen LogP contribution in [-0.4, -0.2) is 37.3 Å². The lowest BCUT2D eigenvalue weighted by atomic mass is 10.1. The molecule has 2 unspecified atom stereocenters. The standard InChI is InChI=1S/C23H38O4SSi/c1-9-20(27-29(7,8)23(3,4)5)12-13-21(26-6)16-19(24)17-28(25)22-14-10-18(2)11-15-22/h10-11,14-16,20H,9,12-13,17H2,1-8H3/b21-16+. The molecule has 164 valence electrons. The van der Waals surface area contributed by atoms with Gasteiger partial charge in [-0.1, -0.05) is 45.4 Å². The summed E-state index contributed by atoms with van der Waals surface area (Å²) in [6.45, 7) is 15.3. The van der Waals surface area contributed by atoms with Crippen LogP contribution in [0.5, 0.6) is 0 Å². The van der Waals surface area contributed by atoms with E-state index >= 15 is 0 Å². The van der Waals surface area contributed by atoms with Crippen molar-refractivity contribution < 1.29 is 18.2 Å². The smallest absolute Gasteiger partial charge is 0.192 e. The number of hydrogen-bond donors (Lipinski definition) is 0. The predicted molar refractivity (Wildman–Crippen MR) is 124 cm³/mol. The SMILES string of the molecule is CCC(CC/C(=C\C(=O)CS(=O)c1ccc(C)cc1)OC)O[Si](C)(C)C(C)(C)C. The summed E-state index contributed by atoms with van der Waals surface area (Å²) < 4.78 is 24.3. The van der Waals surface area contributed by atoms with Crippen molar-refractivity contribution in [3.8, 4) is 0 Å². The molecule has 0 bridgehead atoms. The number of hydrogen-bond acceptors (Lipinski definition) is 4. The van der Waals surface area contributed by atoms with Crippen molar-refractivity contribution in [3.05, 3.63) is 41.7 Å². The zero-order chi connectivity index (χ0) is 22.2. The number of aryl methyl sites for hydroxylation is 1. The minimum absolute atomic E-state index is 0.0341. The summed E-state index contributed by atoms with van der Waals surface area (Å²) in [5.41, 5.74) is 1.10. The Morgan fingerprint density at radius 3 is 2.28 bits per heavy atom. The fourth-order valence-corrected chi connectivity index (χ4v) is 5.02. The van der Waals surface area contributed by atoms with Crippen LogP contribution in [0, 0.1) is 6.92 Å². The van der Waals surface area contributed by atoms with Gasteiger partial charge in [-0.25, -0.2) is 0 Å². The first-order valence-corrected chi connectivity index (χ1v) is 14.5. The average Bonchev–Trinajstić information content (AvgIpc) is 2.63. The molecule has 2 atom stereocenters. The Hall–Kier alpha value is -1.24. The third kappa shape index (κ3) is 8.57. The molecule has 0 saturated carbocycles. The van der Waals surface area contributed by atoms with Crippen LogP contribution in [0.15, 0.2) is 41.0 Å². The maximum atomic E-state index is 12.4. The molecule has 0 aliphatic carbocycles. The number of ether oxygens (including phenoxy) is 1. The van der Waals surface area contributed by atoms with E-state index in [1.54, 1.807) is 7.11 Å². The fourth-order valence-electron chi connectivity index (χ4n) is 2.60. The van der Waals surface area contributed by atoms with Crippen LogP contribution in [0.25, 0.3) is 0 Å². The van der Waals surface area contributed by atoms with Gasteiger partial charge in [0.2, 0.25) is 0 Å². The van der Waals surface area contributed by atoms with E-state index in [1.807, 2.05) is 31.2 Å². The first kappa shape index (κ1) is 25.8. The number of carbonyl (C=O) groups is 1. The monoisotopic (exact) mass is 438 g/mol. The molecule has 0 aliphatic heterocycles. The van der Waals surface area contributed by atoms with Crippen molar-refractivity contribution in [1.82, 2.24) is 0 Å². The van der Waals surface area contributed by atoms with E-state index in [0.29, 0.717) is 17.1 Å².